The Morgan fingerprint density at radius 3 is 2.75 bits per heavy atom. The number of carbonyl (C=O) groups is 1. The number of thiazole rings is 1. The van der Waals surface area contributed by atoms with E-state index in [1.807, 2.05) is 0 Å². The van der Waals surface area contributed by atoms with E-state index in [1.165, 1.54) is 11.4 Å². The fourth-order valence-electron chi connectivity index (χ4n) is 3.68. The Labute approximate surface area is 186 Å². The van der Waals surface area contributed by atoms with Crippen LogP contribution in [-0.2, 0) is 4.74 Å². The van der Waals surface area contributed by atoms with E-state index in [-0.39, 0.29) is 16.3 Å². The molecule has 1 saturated heterocycles. The first-order valence-electron chi connectivity index (χ1n) is 10.1. The summed E-state index contributed by atoms with van der Waals surface area (Å²) in [5, 5.41) is 11.2. The van der Waals surface area contributed by atoms with Gasteiger partial charge in [-0.2, -0.15) is 5.10 Å². The molecule has 3 heterocycles. The molecule has 32 heavy (non-hydrogen) atoms. The summed E-state index contributed by atoms with van der Waals surface area (Å²) in [6, 6.07) is 2.88. The Kier molecular flexibility index (Phi) is 6.31. The lowest BCUT2D eigenvalue weighted by Crippen LogP contribution is -2.37. The lowest BCUT2D eigenvalue weighted by atomic mass is 10.0. The lowest BCUT2D eigenvalue weighted by molar-refractivity contribution is -0.0349. The van der Waals surface area contributed by atoms with Crippen molar-refractivity contribution in [2.24, 2.45) is 5.73 Å². The van der Waals surface area contributed by atoms with Gasteiger partial charge in [0.15, 0.2) is 0 Å². The van der Waals surface area contributed by atoms with Crippen LogP contribution in [0.15, 0.2) is 23.6 Å². The number of H-pyrrole nitrogens is 1. The molecular weight excluding hydrogens is 443 g/mol. The Morgan fingerprint density at radius 1 is 1.31 bits per heavy atom. The van der Waals surface area contributed by atoms with Gasteiger partial charge >= 0.3 is 0 Å². The van der Waals surface area contributed by atoms with E-state index in [4.69, 9.17) is 10.5 Å². The number of nitrogens with one attached hydrogen (secondary N) is 2. The third kappa shape index (κ3) is 4.27. The summed E-state index contributed by atoms with van der Waals surface area (Å²) in [7, 11) is 0. The zero-order chi connectivity index (χ0) is 23.0. The van der Waals surface area contributed by atoms with Gasteiger partial charge in [-0.05, 0) is 38.8 Å². The SMILES string of the molecule is Cc1n[nH]c([C@@H]2CC[C@@H](N)[C@@H](F)[C@H](C)O2)c1NC(=O)c1csc(-c2c(F)cccc2F)n1. The van der Waals surface area contributed by atoms with Gasteiger partial charge in [0.25, 0.3) is 5.91 Å². The van der Waals surface area contributed by atoms with E-state index in [1.54, 1.807) is 13.8 Å². The van der Waals surface area contributed by atoms with Crippen molar-refractivity contribution in [2.75, 3.05) is 5.32 Å². The summed E-state index contributed by atoms with van der Waals surface area (Å²) >= 11 is 0.956. The minimum Gasteiger partial charge on any atom is -0.366 e. The van der Waals surface area contributed by atoms with E-state index in [9.17, 15) is 18.0 Å². The van der Waals surface area contributed by atoms with Gasteiger partial charge in [-0.3, -0.25) is 9.89 Å². The third-order valence-corrected chi connectivity index (χ3v) is 6.31. The zero-order valence-corrected chi connectivity index (χ0v) is 18.2. The van der Waals surface area contributed by atoms with Gasteiger partial charge in [-0.15, -0.1) is 11.3 Å². The summed E-state index contributed by atoms with van der Waals surface area (Å²) in [6.07, 6.45) is -1.70. The number of aryl methyl sites for hydroxylation is 1. The maximum atomic E-state index is 14.2. The molecule has 7 nitrogen and oxygen atoms in total. The molecule has 1 aliphatic heterocycles. The fourth-order valence-corrected chi connectivity index (χ4v) is 4.53. The number of aromatic amines is 1. The van der Waals surface area contributed by atoms with Crippen LogP contribution in [0, 0.1) is 18.6 Å². The third-order valence-electron chi connectivity index (χ3n) is 5.45. The van der Waals surface area contributed by atoms with Crippen molar-refractivity contribution in [1.29, 1.82) is 0 Å². The van der Waals surface area contributed by atoms with Crippen molar-refractivity contribution in [3.05, 3.63) is 52.3 Å². The van der Waals surface area contributed by atoms with E-state index >= 15 is 0 Å². The van der Waals surface area contributed by atoms with Crippen LogP contribution in [0.25, 0.3) is 10.6 Å². The summed E-state index contributed by atoms with van der Waals surface area (Å²) in [5.41, 5.74) is 6.98. The first-order chi connectivity index (χ1) is 15.3. The molecule has 0 spiro atoms. The molecule has 4 rings (SSSR count). The molecule has 1 aliphatic rings. The quantitative estimate of drug-likeness (QED) is 0.533. The normalized spacial score (nSPS) is 23.7. The number of anilines is 1. The van der Waals surface area contributed by atoms with Crippen LogP contribution in [0.2, 0.25) is 0 Å². The predicted molar refractivity (Wildman–Crippen MR) is 114 cm³/mol. The first kappa shape index (κ1) is 22.4. The van der Waals surface area contributed by atoms with Gasteiger partial charge in [-0.1, -0.05) is 6.07 Å². The number of ether oxygens (including phenoxy) is 1. The van der Waals surface area contributed by atoms with Crippen LogP contribution in [0.4, 0.5) is 18.9 Å². The molecule has 0 unspecified atom stereocenters. The van der Waals surface area contributed by atoms with Crippen molar-refractivity contribution in [2.45, 2.75) is 51.1 Å². The second-order valence-corrected chi connectivity index (χ2v) is 8.56. The van der Waals surface area contributed by atoms with Crippen LogP contribution in [0.1, 0.15) is 47.7 Å². The van der Waals surface area contributed by atoms with Crippen LogP contribution in [0.3, 0.4) is 0 Å². The second kappa shape index (κ2) is 9.00. The largest absolute Gasteiger partial charge is 0.366 e. The van der Waals surface area contributed by atoms with Crippen molar-refractivity contribution in [3.8, 4) is 10.6 Å². The molecule has 0 saturated carbocycles. The van der Waals surface area contributed by atoms with Gasteiger partial charge in [0, 0.05) is 11.4 Å². The molecule has 170 valence electrons. The topological polar surface area (TPSA) is 106 Å². The van der Waals surface area contributed by atoms with Crippen LogP contribution in [-0.4, -0.2) is 39.4 Å². The van der Waals surface area contributed by atoms with Gasteiger partial charge in [0.2, 0.25) is 0 Å². The monoisotopic (exact) mass is 465 g/mol. The lowest BCUT2D eigenvalue weighted by Gasteiger charge is -2.21. The minimum absolute atomic E-state index is 0.000185. The highest BCUT2D eigenvalue weighted by molar-refractivity contribution is 7.13. The second-order valence-electron chi connectivity index (χ2n) is 7.70. The number of halogens is 3. The summed E-state index contributed by atoms with van der Waals surface area (Å²) in [6.45, 7) is 3.31. The Balaban J connectivity index is 1.57. The number of hydrogen-bond acceptors (Lipinski definition) is 6. The van der Waals surface area contributed by atoms with Gasteiger partial charge in [-0.25, -0.2) is 18.2 Å². The smallest absolute Gasteiger partial charge is 0.275 e. The number of carbonyl (C=O) groups excluding carboxylic acids is 1. The first-order valence-corrected chi connectivity index (χ1v) is 11.0. The molecule has 1 fully saturated rings. The molecule has 0 radical (unpaired) electrons. The van der Waals surface area contributed by atoms with Crippen molar-refractivity contribution in [3.63, 3.8) is 0 Å². The predicted octanol–water partition coefficient (Wildman–Crippen LogP) is 4.28. The Bertz CT molecular complexity index is 1110. The molecule has 1 amide bonds. The van der Waals surface area contributed by atoms with Crippen LogP contribution < -0.4 is 11.1 Å². The Morgan fingerprint density at radius 2 is 2.03 bits per heavy atom. The number of nitrogens with zero attached hydrogens (tertiary/aromatic N) is 2. The molecule has 2 aromatic heterocycles. The highest BCUT2D eigenvalue weighted by Crippen LogP contribution is 2.35. The average Bonchev–Trinajstić information content (AvgIpc) is 3.35. The molecule has 1 aromatic carbocycles. The number of alkyl halides is 1. The molecule has 3 aromatic rings. The van der Waals surface area contributed by atoms with E-state index < -0.39 is 42.0 Å². The minimum atomic E-state index is -1.30. The van der Waals surface area contributed by atoms with Gasteiger partial charge in [0.1, 0.15) is 34.6 Å². The molecule has 0 bridgehead atoms. The van der Waals surface area contributed by atoms with Crippen molar-refractivity contribution >= 4 is 22.9 Å². The number of amides is 1. The van der Waals surface area contributed by atoms with E-state index in [0.29, 0.717) is 29.9 Å². The highest BCUT2D eigenvalue weighted by Gasteiger charge is 2.34. The molecule has 4 atom stereocenters. The number of rotatable bonds is 4. The van der Waals surface area contributed by atoms with E-state index in [0.717, 1.165) is 23.5 Å². The molecule has 11 heteroatoms. The Hall–Kier alpha value is -2.76. The summed E-state index contributed by atoms with van der Waals surface area (Å²) in [5.74, 6) is -2.09. The van der Waals surface area contributed by atoms with E-state index in [2.05, 4.69) is 20.5 Å². The maximum absolute atomic E-state index is 14.2. The molecule has 0 aliphatic carbocycles. The van der Waals surface area contributed by atoms with Crippen LogP contribution in [0.5, 0.6) is 0 Å². The zero-order valence-electron chi connectivity index (χ0n) is 17.4. The summed E-state index contributed by atoms with van der Waals surface area (Å²) in [4.78, 5) is 16.9. The number of hydrogen-bond donors (Lipinski definition) is 3. The number of nitrogens with two attached hydrogens (primary N) is 1. The maximum Gasteiger partial charge on any atom is 0.275 e. The summed E-state index contributed by atoms with van der Waals surface area (Å²) < 4.78 is 48.2. The number of aromatic nitrogens is 3. The highest BCUT2D eigenvalue weighted by atomic mass is 32.1. The van der Waals surface area contributed by atoms with Crippen molar-refractivity contribution < 1.29 is 22.7 Å². The fraction of sp³-hybridized carbons (Fsp3) is 0.381. The van der Waals surface area contributed by atoms with Crippen LogP contribution >= 0.6 is 11.3 Å². The molecule has 4 N–H and O–H groups in total. The average molecular weight is 466 g/mol. The van der Waals surface area contributed by atoms with Gasteiger partial charge in [0.05, 0.1) is 28.7 Å². The standard InChI is InChI=1S/C21H22F3N5O2S/c1-9-18(19(29-28-9)15-7-6-13(25)17(24)10(2)31-15)27-20(30)14-8-32-21(26-14)16-11(22)4-3-5-12(16)23/h3-5,8,10,13,15,17H,6-7,25H2,1-2H3,(H,27,30)(H,28,29)/t10-,13+,15-,17-/m0/s1. The van der Waals surface area contributed by atoms with Crippen molar-refractivity contribution in [1.82, 2.24) is 15.2 Å². The molecular formula is C21H22F3N5O2S. The number of benzene rings is 1. The van der Waals surface area contributed by atoms with Gasteiger partial charge < -0.3 is 15.8 Å².